The second kappa shape index (κ2) is 8.73. The first-order chi connectivity index (χ1) is 12.8. The maximum absolute atomic E-state index is 12.8. The summed E-state index contributed by atoms with van der Waals surface area (Å²) in [4.78, 5) is 2.54. The summed E-state index contributed by atoms with van der Waals surface area (Å²) in [6.07, 6.45) is 2.72. The summed E-state index contributed by atoms with van der Waals surface area (Å²) >= 11 is 2.21. The Morgan fingerprint density at radius 2 is 1.78 bits per heavy atom. The van der Waals surface area contributed by atoms with Gasteiger partial charge in [-0.1, -0.05) is 30.7 Å². The van der Waals surface area contributed by atoms with Gasteiger partial charge >= 0.3 is 0 Å². The number of halogens is 1. The fraction of sp³-hybridized carbons (Fsp3) is 0.500. The van der Waals surface area contributed by atoms with Gasteiger partial charge in [0.2, 0.25) is 10.0 Å². The van der Waals surface area contributed by atoms with Gasteiger partial charge in [-0.2, -0.15) is 0 Å². The van der Waals surface area contributed by atoms with Gasteiger partial charge in [-0.3, -0.25) is 4.90 Å². The normalized spacial score (nSPS) is 22.8. The molecule has 1 saturated heterocycles. The SMILES string of the molecule is CC1CCC[C@H](C)N1C[C@@H](O)CNS(=O)(=O)c1cccc2c(I)cccc12. The molecule has 1 fully saturated rings. The first-order valence-corrected chi connectivity index (χ1v) is 12.0. The number of hydrogen-bond acceptors (Lipinski definition) is 4. The molecule has 2 N–H and O–H groups in total. The van der Waals surface area contributed by atoms with E-state index in [9.17, 15) is 13.5 Å². The summed E-state index contributed by atoms with van der Waals surface area (Å²) < 4.78 is 29.3. The van der Waals surface area contributed by atoms with Gasteiger partial charge in [-0.15, -0.1) is 0 Å². The minimum absolute atomic E-state index is 0.0125. The van der Waals surface area contributed by atoms with E-state index >= 15 is 0 Å². The Kier molecular flexibility index (Phi) is 6.79. The van der Waals surface area contributed by atoms with Gasteiger partial charge in [0.15, 0.2) is 0 Å². The number of nitrogens with zero attached hydrogens (tertiary/aromatic N) is 1. The monoisotopic (exact) mass is 502 g/mol. The van der Waals surface area contributed by atoms with Gasteiger partial charge in [0.25, 0.3) is 0 Å². The Morgan fingerprint density at radius 1 is 1.15 bits per heavy atom. The number of aliphatic hydroxyl groups is 1. The van der Waals surface area contributed by atoms with Crippen molar-refractivity contribution in [1.29, 1.82) is 0 Å². The van der Waals surface area contributed by atoms with Gasteiger partial charge in [0.05, 0.1) is 11.0 Å². The van der Waals surface area contributed by atoms with Crippen LogP contribution in [0.2, 0.25) is 0 Å². The first kappa shape index (κ1) is 21.0. The average Bonchev–Trinajstić information content (AvgIpc) is 2.63. The van der Waals surface area contributed by atoms with Crippen LogP contribution < -0.4 is 4.72 Å². The maximum Gasteiger partial charge on any atom is 0.241 e. The van der Waals surface area contributed by atoms with Crippen LogP contribution in [0.25, 0.3) is 10.8 Å². The molecule has 0 bridgehead atoms. The van der Waals surface area contributed by atoms with Gasteiger partial charge in [-0.25, -0.2) is 13.1 Å². The lowest BCUT2D eigenvalue weighted by Gasteiger charge is -2.40. The van der Waals surface area contributed by atoms with Crippen LogP contribution in [0.5, 0.6) is 0 Å². The summed E-state index contributed by atoms with van der Waals surface area (Å²) in [6.45, 7) is 4.84. The van der Waals surface area contributed by atoms with Crippen molar-refractivity contribution in [1.82, 2.24) is 9.62 Å². The number of β-amino-alcohol motifs (C(OH)–C–C–N with tert-alkyl or cyclic N) is 1. The van der Waals surface area contributed by atoms with E-state index in [0.717, 1.165) is 21.8 Å². The molecule has 3 rings (SSSR count). The lowest BCUT2D eigenvalue weighted by Crippen LogP contribution is -2.49. The highest BCUT2D eigenvalue weighted by molar-refractivity contribution is 14.1. The molecule has 27 heavy (non-hydrogen) atoms. The van der Waals surface area contributed by atoms with Crippen LogP contribution in [0.1, 0.15) is 33.1 Å². The fourth-order valence-corrected chi connectivity index (χ4v) is 5.87. The maximum atomic E-state index is 12.8. The van der Waals surface area contributed by atoms with Crippen molar-refractivity contribution in [3.8, 4) is 0 Å². The second-order valence-electron chi connectivity index (χ2n) is 7.42. The van der Waals surface area contributed by atoms with E-state index in [2.05, 4.69) is 46.1 Å². The molecule has 1 aliphatic heterocycles. The van der Waals surface area contributed by atoms with Crippen LogP contribution in [0.15, 0.2) is 41.3 Å². The zero-order valence-electron chi connectivity index (χ0n) is 15.7. The largest absolute Gasteiger partial charge is 0.390 e. The number of benzene rings is 2. The topological polar surface area (TPSA) is 69.6 Å². The number of hydrogen-bond donors (Lipinski definition) is 2. The molecule has 0 radical (unpaired) electrons. The van der Waals surface area contributed by atoms with E-state index in [1.54, 1.807) is 12.1 Å². The molecule has 0 aliphatic carbocycles. The fourth-order valence-electron chi connectivity index (χ4n) is 3.90. The smallest absolute Gasteiger partial charge is 0.241 e. The third kappa shape index (κ3) is 4.82. The van der Waals surface area contributed by atoms with Gasteiger partial charge < -0.3 is 5.11 Å². The van der Waals surface area contributed by atoms with Crippen molar-refractivity contribution in [2.45, 2.75) is 56.2 Å². The predicted molar refractivity (Wildman–Crippen MR) is 117 cm³/mol. The lowest BCUT2D eigenvalue weighted by atomic mass is 9.97. The summed E-state index contributed by atoms with van der Waals surface area (Å²) in [6, 6.07) is 11.8. The number of likely N-dealkylation sites (tertiary alicyclic amines) is 1. The molecule has 7 heteroatoms. The Hall–Kier alpha value is -0.740. The average molecular weight is 502 g/mol. The van der Waals surface area contributed by atoms with Crippen LogP contribution in [0.4, 0.5) is 0 Å². The van der Waals surface area contributed by atoms with Crippen LogP contribution in [-0.2, 0) is 10.0 Å². The van der Waals surface area contributed by atoms with Gasteiger partial charge in [-0.05, 0) is 66.8 Å². The van der Waals surface area contributed by atoms with E-state index < -0.39 is 16.1 Å². The number of sulfonamides is 1. The van der Waals surface area contributed by atoms with Gasteiger partial charge in [0.1, 0.15) is 0 Å². The molecular weight excluding hydrogens is 475 g/mol. The quantitative estimate of drug-likeness (QED) is 0.595. The molecule has 0 amide bonds. The third-order valence-electron chi connectivity index (χ3n) is 5.43. The molecule has 3 atom stereocenters. The molecule has 1 unspecified atom stereocenters. The Labute approximate surface area is 175 Å². The summed E-state index contributed by atoms with van der Waals surface area (Å²) in [5.74, 6) is 0. The minimum atomic E-state index is -3.70. The molecule has 0 aromatic heterocycles. The number of fused-ring (bicyclic) bond motifs is 1. The van der Waals surface area contributed by atoms with Crippen LogP contribution in [-0.4, -0.2) is 49.7 Å². The van der Waals surface area contributed by atoms with Crippen molar-refractivity contribution in [3.05, 3.63) is 40.0 Å². The molecule has 5 nitrogen and oxygen atoms in total. The van der Waals surface area contributed by atoms with Crippen molar-refractivity contribution < 1.29 is 13.5 Å². The second-order valence-corrected chi connectivity index (χ2v) is 10.3. The molecule has 2 aromatic carbocycles. The van der Waals surface area contributed by atoms with E-state index in [4.69, 9.17) is 0 Å². The molecule has 1 heterocycles. The summed E-state index contributed by atoms with van der Waals surface area (Å²) in [5, 5.41) is 12.0. The Morgan fingerprint density at radius 3 is 2.48 bits per heavy atom. The summed E-state index contributed by atoms with van der Waals surface area (Å²) in [7, 11) is -3.70. The third-order valence-corrected chi connectivity index (χ3v) is 7.85. The number of aliphatic hydroxyl groups excluding tert-OH is 1. The van der Waals surface area contributed by atoms with Crippen LogP contribution >= 0.6 is 22.6 Å². The summed E-state index contributed by atoms with van der Waals surface area (Å²) in [5.41, 5.74) is 0. The molecule has 0 spiro atoms. The van der Waals surface area contributed by atoms with Crippen LogP contribution in [0, 0.1) is 3.57 Å². The zero-order chi connectivity index (χ0) is 19.6. The highest BCUT2D eigenvalue weighted by Crippen LogP contribution is 2.27. The lowest BCUT2D eigenvalue weighted by molar-refractivity contribution is 0.0438. The van der Waals surface area contributed by atoms with Crippen LogP contribution in [0.3, 0.4) is 0 Å². The minimum Gasteiger partial charge on any atom is -0.390 e. The number of rotatable bonds is 6. The molecule has 1 aliphatic rings. The highest BCUT2D eigenvalue weighted by atomic mass is 127. The van der Waals surface area contributed by atoms with Crippen molar-refractivity contribution in [2.75, 3.05) is 13.1 Å². The van der Waals surface area contributed by atoms with E-state index in [1.165, 1.54) is 6.42 Å². The molecular formula is C20H27IN2O3S. The number of nitrogens with one attached hydrogen (secondary N) is 1. The van der Waals surface area contributed by atoms with Gasteiger partial charge in [0, 0.05) is 34.1 Å². The van der Waals surface area contributed by atoms with Crippen molar-refractivity contribution in [3.63, 3.8) is 0 Å². The van der Waals surface area contributed by atoms with E-state index in [0.29, 0.717) is 24.0 Å². The highest BCUT2D eigenvalue weighted by Gasteiger charge is 2.27. The number of piperidine rings is 1. The van der Waals surface area contributed by atoms with Crippen molar-refractivity contribution in [2.24, 2.45) is 0 Å². The Bertz CT molecular complexity index is 893. The molecule has 148 valence electrons. The Balaban J connectivity index is 1.71. The van der Waals surface area contributed by atoms with E-state index in [1.807, 2.05) is 24.3 Å². The molecule has 0 saturated carbocycles. The zero-order valence-corrected chi connectivity index (χ0v) is 18.7. The molecule has 2 aromatic rings. The standard InChI is InChI=1S/C20H27IN2O3S/c1-14-6-3-7-15(2)23(14)13-16(24)12-22-27(25,26)20-11-5-8-17-18(20)9-4-10-19(17)21/h4-5,8-11,14-16,22,24H,3,6-7,12-13H2,1-2H3/t14-,15?,16-/m0/s1. The first-order valence-electron chi connectivity index (χ1n) is 9.40. The predicted octanol–water partition coefficient (Wildman–Crippen LogP) is 3.35. The van der Waals surface area contributed by atoms with E-state index in [-0.39, 0.29) is 11.4 Å². The van der Waals surface area contributed by atoms with Crippen molar-refractivity contribution >= 4 is 43.4 Å².